The van der Waals surface area contributed by atoms with E-state index in [0.29, 0.717) is 0 Å². The third-order valence-electron chi connectivity index (χ3n) is 2.11. The van der Waals surface area contributed by atoms with Crippen LogP contribution in [0.15, 0.2) is 36.4 Å². The van der Waals surface area contributed by atoms with Crippen LogP contribution in [0.1, 0.15) is 13.8 Å². The summed E-state index contributed by atoms with van der Waals surface area (Å²) >= 11 is 0. The first kappa shape index (κ1) is 23.0. The van der Waals surface area contributed by atoms with E-state index in [4.69, 9.17) is 31.8 Å². The van der Waals surface area contributed by atoms with E-state index >= 15 is 0 Å². The van der Waals surface area contributed by atoms with Crippen molar-refractivity contribution in [3.8, 4) is 0 Å². The van der Waals surface area contributed by atoms with E-state index in [0.717, 1.165) is 12.3 Å². The maximum atomic E-state index is 10.8. The summed E-state index contributed by atoms with van der Waals surface area (Å²) < 4.78 is 4.75. The van der Waals surface area contributed by atoms with Crippen molar-refractivity contribution in [2.75, 3.05) is 0 Å². The Hall–Kier alpha value is -3.30. The number of carbonyl (C=O) groups is 3. The zero-order valence-electron chi connectivity index (χ0n) is 13.3. The summed E-state index contributed by atoms with van der Waals surface area (Å²) in [6, 6.07) is -0.909. The molecule has 0 radical (unpaired) electrons. The highest BCUT2D eigenvalue weighted by Crippen LogP contribution is 1.96. The minimum absolute atomic E-state index is 0.0200. The SMILES string of the molecule is CC(NC(=O)/C=C\C=N)C(=O)O.CC(O/C(N)=C/C=C\N)C(=O)O. The molecule has 0 saturated heterocycles. The number of nitrogens with two attached hydrogens (primary N) is 2. The van der Waals surface area contributed by atoms with Crippen LogP contribution in [0.5, 0.6) is 0 Å². The van der Waals surface area contributed by atoms with Gasteiger partial charge < -0.3 is 37.1 Å². The molecule has 1 amide bonds. The van der Waals surface area contributed by atoms with E-state index in [2.05, 4.69) is 5.32 Å². The topological polar surface area (TPSA) is 189 Å². The number of amides is 1. The number of ether oxygens (including phenoxy) is 1. The van der Waals surface area contributed by atoms with Crippen molar-refractivity contribution in [1.29, 1.82) is 5.41 Å². The average molecular weight is 342 g/mol. The minimum Gasteiger partial charge on any atom is -0.480 e. The lowest BCUT2D eigenvalue weighted by Crippen LogP contribution is -2.37. The Morgan fingerprint density at radius 3 is 2.17 bits per heavy atom. The van der Waals surface area contributed by atoms with Crippen molar-refractivity contribution in [2.24, 2.45) is 11.5 Å². The summed E-state index contributed by atoms with van der Waals surface area (Å²) in [4.78, 5) is 31.2. The fourth-order valence-corrected chi connectivity index (χ4v) is 0.903. The van der Waals surface area contributed by atoms with Crippen molar-refractivity contribution in [3.05, 3.63) is 36.4 Å². The Labute approximate surface area is 139 Å². The predicted molar refractivity (Wildman–Crippen MR) is 86.9 cm³/mol. The Balaban J connectivity index is 0. The van der Waals surface area contributed by atoms with E-state index in [1.807, 2.05) is 0 Å². The molecule has 10 heteroatoms. The predicted octanol–water partition coefficient (Wildman–Crippen LogP) is -0.470. The van der Waals surface area contributed by atoms with Gasteiger partial charge in [-0.05, 0) is 38.3 Å². The van der Waals surface area contributed by atoms with Crippen LogP contribution in [0.2, 0.25) is 0 Å². The number of hydrogen-bond donors (Lipinski definition) is 6. The molecule has 0 aromatic carbocycles. The van der Waals surface area contributed by atoms with Crippen LogP contribution in [-0.4, -0.2) is 46.4 Å². The van der Waals surface area contributed by atoms with Crippen molar-refractivity contribution < 1.29 is 29.3 Å². The summed E-state index contributed by atoms with van der Waals surface area (Å²) in [5.74, 6) is -2.66. The number of allylic oxidation sites excluding steroid dienone is 3. The number of aliphatic carboxylic acids is 2. The summed E-state index contributed by atoms with van der Waals surface area (Å²) in [6.45, 7) is 2.74. The first-order chi connectivity index (χ1) is 11.1. The first-order valence-corrected chi connectivity index (χ1v) is 6.59. The zero-order chi connectivity index (χ0) is 19.1. The van der Waals surface area contributed by atoms with Crippen LogP contribution in [-0.2, 0) is 19.1 Å². The highest BCUT2D eigenvalue weighted by atomic mass is 16.5. The Bertz CT molecular complexity index is 527. The molecule has 0 aromatic rings. The molecule has 0 fully saturated rings. The van der Waals surface area contributed by atoms with Gasteiger partial charge in [-0.1, -0.05) is 0 Å². The molecule has 8 N–H and O–H groups in total. The second-order valence-corrected chi connectivity index (χ2v) is 4.15. The molecule has 2 atom stereocenters. The molecule has 0 aromatic heterocycles. The molecule has 10 nitrogen and oxygen atoms in total. The fourth-order valence-electron chi connectivity index (χ4n) is 0.903. The first-order valence-electron chi connectivity index (χ1n) is 6.59. The van der Waals surface area contributed by atoms with Crippen LogP contribution >= 0.6 is 0 Å². The molecule has 0 aliphatic rings. The van der Waals surface area contributed by atoms with Gasteiger partial charge in [-0.2, -0.15) is 0 Å². The number of hydrogen-bond acceptors (Lipinski definition) is 7. The monoisotopic (exact) mass is 342 g/mol. The normalized spacial score (nSPS) is 13.5. The molecule has 134 valence electrons. The maximum Gasteiger partial charge on any atom is 0.344 e. The van der Waals surface area contributed by atoms with E-state index < -0.39 is 30.0 Å². The Morgan fingerprint density at radius 1 is 1.17 bits per heavy atom. The van der Waals surface area contributed by atoms with Crippen LogP contribution < -0.4 is 16.8 Å². The van der Waals surface area contributed by atoms with E-state index in [1.54, 1.807) is 0 Å². The molecular weight excluding hydrogens is 320 g/mol. The second kappa shape index (κ2) is 13.4. The van der Waals surface area contributed by atoms with Gasteiger partial charge in [0.1, 0.15) is 6.04 Å². The molecule has 0 saturated carbocycles. The van der Waals surface area contributed by atoms with Crippen LogP contribution in [0.3, 0.4) is 0 Å². The molecule has 0 bridgehead atoms. The Morgan fingerprint density at radius 2 is 1.75 bits per heavy atom. The molecule has 0 heterocycles. The van der Waals surface area contributed by atoms with Crippen molar-refractivity contribution >= 4 is 24.1 Å². The lowest BCUT2D eigenvalue weighted by atomic mass is 10.3. The molecule has 0 aliphatic heterocycles. The minimum atomic E-state index is -1.09. The van der Waals surface area contributed by atoms with E-state index in [1.165, 1.54) is 38.3 Å². The average Bonchev–Trinajstić information content (AvgIpc) is 2.51. The molecular formula is C14H22N4O6. The molecule has 24 heavy (non-hydrogen) atoms. The molecule has 0 rings (SSSR count). The largest absolute Gasteiger partial charge is 0.480 e. The summed E-state index contributed by atoms with van der Waals surface area (Å²) in [5, 5.41) is 25.5. The number of carboxylic acids is 2. The standard InChI is InChI=1S/C7H12N2O3.C7H10N2O3/c1-5(7(10)11)12-6(9)3-2-4-8;1-5(7(11)12)9-6(10)3-2-4-8/h2-5H,8-9H2,1H3,(H,10,11);2-5,8H,1H3,(H,9,10)(H,11,12)/b4-2-,6-3+;3-2-,8-4?. The van der Waals surface area contributed by atoms with Crippen molar-refractivity contribution in [2.45, 2.75) is 26.0 Å². The lowest BCUT2D eigenvalue weighted by Gasteiger charge is -2.08. The van der Waals surface area contributed by atoms with E-state index in [-0.39, 0.29) is 5.88 Å². The number of nitrogens with one attached hydrogen (secondary N) is 2. The third kappa shape index (κ3) is 13.7. The van der Waals surface area contributed by atoms with Gasteiger partial charge in [0.2, 0.25) is 5.91 Å². The third-order valence-corrected chi connectivity index (χ3v) is 2.11. The quantitative estimate of drug-likeness (QED) is 0.148. The fraction of sp³-hybridized carbons (Fsp3) is 0.286. The van der Waals surface area contributed by atoms with Gasteiger partial charge in [-0.25, -0.2) is 4.79 Å². The smallest absolute Gasteiger partial charge is 0.344 e. The zero-order valence-corrected chi connectivity index (χ0v) is 13.3. The van der Waals surface area contributed by atoms with Gasteiger partial charge in [0.05, 0.1) is 0 Å². The van der Waals surface area contributed by atoms with Gasteiger partial charge in [0.15, 0.2) is 12.0 Å². The lowest BCUT2D eigenvalue weighted by molar-refractivity contribution is -0.146. The number of carbonyl (C=O) groups excluding carboxylic acids is 1. The van der Waals surface area contributed by atoms with Gasteiger partial charge in [0.25, 0.3) is 0 Å². The molecule has 0 spiro atoms. The van der Waals surface area contributed by atoms with Crippen molar-refractivity contribution in [1.82, 2.24) is 5.32 Å². The van der Waals surface area contributed by atoms with Crippen LogP contribution in [0.4, 0.5) is 0 Å². The highest BCUT2D eigenvalue weighted by molar-refractivity contribution is 5.93. The summed E-state index contributed by atoms with van der Waals surface area (Å²) in [5.41, 5.74) is 10.3. The van der Waals surface area contributed by atoms with Crippen molar-refractivity contribution in [3.63, 3.8) is 0 Å². The number of carboxylic acid groups (broad SMARTS) is 2. The van der Waals surface area contributed by atoms with E-state index in [9.17, 15) is 14.4 Å². The molecule has 2 unspecified atom stereocenters. The molecule has 0 aliphatic carbocycles. The Kier molecular flexibility index (Phi) is 12.8. The van der Waals surface area contributed by atoms with Gasteiger partial charge >= 0.3 is 11.9 Å². The van der Waals surface area contributed by atoms with Gasteiger partial charge in [0, 0.05) is 12.3 Å². The second-order valence-electron chi connectivity index (χ2n) is 4.15. The van der Waals surface area contributed by atoms with Gasteiger partial charge in [-0.3, -0.25) is 9.59 Å². The highest BCUT2D eigenvalue weighted by Gasteiger charge is 2.12. The van der Waals surface area contributed by atoms with Gasteiger partial charge in [-0.15, -0.1) is 0 Å². The number of rotatable bonds is 8. The summed E-state index contributed by atoms with van der Waals surface area (Å²) in [7, 11) is 0. The van der Waals surface area contributed by atoms with Crippen LogP contribution in [0, 0.1) is 5.41 Å². The summed E-state index contributed by atoms with van der Waals surface area (Å²) in [6.07, 6.45) is 6.37. The maximum absolute atomic E-state index is 10.8. The van der Waals surface area contributed by atoms with Crippen LogP contribution in [0.25, 0.3) is 0 Å².